The van der Waals surface area contributed by atoms with E-state index in [9.17, 15) is 13.2 Å². The molecule has 3 aromatic rings. The monoisotopic (exact) mass is 505 g/mol. The second-order valence-corrected chi connectivity index (χ2v) is 9.87. The first-order chi connectivity index (χ1) is 17.3. The van der Waals surface area contributed by atoms with Crippen LogP contribution in [0, 0.1) is 0 Å². The summed E-state index contributed by atoms with van der Waals surface area (Å²) in [6.07, 6.45) is 0.383. The second-order valence-electron chi connectivity index (χ2n) is 9.87. The Labute approximate surface area is 206 Å². The SMILES string of the molecule is CCO[C@H]1CCN(c2cc(N3C4CCC3COC4)nc3c2c(C(F)(F)F)nn3-c2ccn[nH]2)[C@H](C)C1. The first-order valence-corrected chi connectivity index (χ1v) is 12.6. The van der Waals surface area contributed by atoms with Gasteiger partial charge in [-0.25, -0.2) is 4.98 Å². The van der Waals surface area contributed by atoms with Crippen LogP contribution in [0.5, 0.6) is 0 Å². The minimum absolute atomic E-state index is 0.00764. The van der Waals surface area contributed by atoms with Crippen molar-refractivity contribution >= 4 is 22.5 Å². The molecule has 36 heavy (non-hydrogen) atoms. The molecule has 4 atom stereocenters. The van der Waals surface area contributed by atoms with Crippen LogP contribution in [0.1, 0.15) is 45.2 Å². The van der Waals surface area contributed by atoms with Crippen molar-refractivity contribution in [3.8, 4) is 5.82 Å². The predicted molar refractivity (Wildman–Crippen MR) is 128 cm³/mol. The number of rotatable bonds is 5. The number of alkyl halides is 3. The molecule has 0 radical (unpaired) electrons. The zero-order chi connectivity index (χ0) is 25.0. The number of morpholine rings is 1. The van der Waals surface area contributed by atoms with E-state index < -0.39 is 11.9 Å². The number of anilines is 2. The first-order valence-electron chi connectivity index (χ1n) is 12.6. The molecule has 3 aromatic heterocycles. The minimum Gasteiger partial charge on any atom is -0.378 e. The van der Waals surface area contributed by atoms with Crippen molar-refractivity contribution in [2.45, 2.75) is 69.9 Å². The molecule has 6 heterocycles. The van der Waals surface area contributed by atoms with Gasteiger partial charge in [-0.2, -0.15) is 28.1 Å². The number of fused-ring (bicyclic) bond motifs is 3. The molecule has 0 spiro atoms. The smallest absolute Gasteiger partial charge is 0.378 e. The Kier molecular flexibility index (Phi) is 5.83. The lowest BCUT2D eigenvalue weighted by Crippen LogP contribution is -2.47. The van der Waals surface area contributed by atoms with Gasteiger partial charge < -0.3 is 19.3 Å². The second kappa shape index (κ2) is 8.91. The van der Waals surface area contributed by atoms with E-state index in [2.05, 4.69) is 25.1 Å². The van der Waals surface area contributed by atoms with Crippen LogP contribution < -0.4 is 9.80 Å². The van der Waals surface area contributed by atoms with Crippen LogP contribution in [0.4, 0.5) is 24.7 Å². The molecule has 3 aliphatic rings. The standard InChI is InChI=1S/C24H30F3N7O2/c1-3-36-17-7-9-32(14(2)10-17)18-11-20(33-15-4-5-16(33)13-35-12-15)29-23-21(18)22(24(25,26)27)31-34(23)19-6-8-28-30-19/h6,8,11,14-17H,3-5,7,9-10,12-13H2,1-2H3,(H,28,30)/t14-,15?,16?,17+/m1/s1. The minimum atomic E-state index is -4.65. The van der Waals surface area contributed by atoms with Gasteiger partial charge in [0, 0.05) is 31.3 Å². The third-order valence-corrected chi connectivity index (χ3v) is 7.63. The number of aromatic amines is 1. The van der Waals surface area contributed by atoms with Gasteiger partial charge in [-0.1, -0.05) is 0 Å². The largest absolute Gasteiger partial charge is 0.435 e. The molecule has 0 amide bonds. The third-order valence-electron chi connectivity index (χ3n) is 7.63. The number of H-pyrrole nitrogens is 1. The fraction of sp³-hybridized carbons (Fsp3) is 0.625. The molecule has 0 aromatic carbocycles. The van der Waals surface area contributed by atoms with Crippen LogP contribution in [-0.4, -0.2) is 75.6 Å². The topological polar surface area (TPSA) is 84.3 Å². The van der Waals surface area contributed by atoms with Crippen molar-refractivity contribution in [3.63, 3.8) is 0 Å². The van der Waals surface area contributed by atoms with Gasteiger partial charge >= 0.3 is 6.18 Å². The van der Waals surface area contributed by atoms with E-state index in [1.165, 1.54) is 10.9 Å². The first kappa shape index (κ1) is 23.5. The van der Waals surface area contributed by atoms with Crippen LogP contribution in [0.25, 0.3) is 16.9 Å². The Morgan fingerprint density at radius 1 is 1.19 bits per heavy atom. The summed E-state index contributed by atoms with van der Waals surface area (Å²) in [7, 11) is 0. The number of halogens is 3. The summed E-state index contributed by atoms with van der Waals surface area (Å²) in [6, 6.07) is 3.74. The highest BCUT2D eigenvalue weighted by Gasteiger charge is 2.43. The molecule has 2 bridgehead atoms. The number of nitrogens with one attached hydrogen (secondary N) is 1. The van der Waals surface area contributed by atoms with Crippen molar-refractivity contribution in [1.29, 1.82) is 0 Å². The molecular weight excluding hydrogens is 475 g/mol. The van der Waals surface area contributed by atoms with E-state index in [4.69, 9.17) is 14.5 Å². The number of hydrogen-bond donors (Lipinski definition) is 1. The highest BCUT2D eigenvalue weighted by Crippen LogP contribution is 2.44. The Hall–Kier alpha value is -2.86. The Morgan fingerprint density at radius 2 is 1.97 bits per heavy atom. The molecular formula is C24H30F3N7O2. The molecule has 9 nitrogen and oxygen atoms in total. The van der Waals surface area contributed by atoms with E-state index in [1.54, 1.807) is 6.07 Å². The third kappa shape index (κ3) is 3.90. The van der Waals surface area contributed by atoms with Gasteiger partial charge in [0.1, 0.15) is 5.82 Å². The van der Waals surface area contributed by atoms with Crippen molar-refractivity contribution in [3.05, 3.63) is 24.0 Å². The number of ether oxygens (including phenoxy) is 2. The van der Waals surface area contributed by atoms with Gasteiger partial charge in [-0.3, -0.25) is 5.10 Å². The average molecular weight is 506 g/mol. The van der Waals surface area contributed by atoms with E-state index >= 15 is 0 Å². The maximum atomic E-state index is 14.4. The number of pyridine rings is 1. The van der Waals surface area contributed by atoms with Crippen molar-refractivity contribution in [2.75, 3.05) is 36.2 Å². The van der Waals surface area contributed by atoms with Crippen LogP contribution in [0.15, 0.2) is 18.3 Å². The van der Waals surface area contributed by atoms with Gasteiger partial charge in [0.05, 0.1) is 48.7 Å². The zero-order valence-corrected chi connectivity index (χ0v) is 20.3. The quantitative estimate of drug-likeness (QED) is 0.563. The molecule has 0 saturated carbocycles. The summed E-state index contributed by atoms with van der Waals surface area (Å²) in [5, 5.41) is 10.7. The van der Waals surface area contributed by atoms with Crippen LogP contribution in [0.2, 0.25) is 0 Å². The normalized spacial score (nSPS) is 26.8. The molecule has 3 aliphatic heterocycles. The highest BCUT2D eigenvalue weighted by molar-refractivity contribution is 5.95. The Bertz CT molecular complexity index is 1210. The zero-order valence-electron chi connectivity index (χ0n) is 20.3. The molecule has 1 N–H and O–H groups in total. The summed E-state index contributed by atoms with van der Waals surface area (Å²) >= 11 is 0. The molecule has 3 saturated heterocycles. The van der Waals surface area contributed by atoms with Gasteiger partial charge in [0.15, 0.2) is 17.2 Å². The van der Waals surface area contributed by atoms with E-state index in [0.29, 0.717) is 43.7 Å². The summed E-state index contributed by atoms with van der Waals surface area (Å²) in [5.41, 5.74) is -0.254. The van der Waals surface area contributed by atoms with Gasteiger partial charge in [-0.15, -0.1) is 0 Å². The maximum Gasteiger partial charge on any atom is 0.435 e. The van der Waals surface area contributed by atoms with Crippen molar-refractivity contribution in [2.24, 2.45) is 0 Å². The van der Waals surface area contributed by atoms with E-state index in [0.717, 1.165) is 25.7 Å². The number of hydrogen-bond acceptors (Lipinski definition) is 7. The van der Waals surface area contributed by atoms with Crippen molar-refractivity contribution in [1.82, 2.24) is 25.0 Å². The van der Waals surface area contributed by atoms with Crippen LogP contribution in [-0.2, 0) is 15.7 Å². The number of piperidine rings is 1. The fourth-order valence-electron chi connectivity index (χ4n) is 6.05. The predicted octanol–water partition coefficient (Wildman–Crippen LogP) is 3.92. The lowest BCUT2D eigenvalue weighted by Gasteiger charge is -2.40. The molecule has 194 valence electrons. The summed E-state index contributed by atoms with van der Waals surface area (Å²) in [6.45, 7) is 6.40. The van der Waals surface area contributed by atoms with Crippen LogP contribution in [0.3, 0.4) is 0 Å². The molecule has 0 aliphatic carbocycles. The molecule has 2 unspecified atom stereocenters. The Balaban J connectivity index is 1.56. The van der Waals surface area contributed by atoms with Crippen molar-refractivity contribution < 1.29 is 22.6 Å². The number of aromatic nitrogens is 5. The van der Waals surface area contributed by atoms with E-state index in [1.807, 2.05) is 19.9 Å². The maximum absolute atomic E-state index is 14.4. The Morgan fingerprint density at radius 3 is 2.61 bits per heavy atom. The van der Waals surface area contributed by atoms with Gasteiger partial charge in [0.25, 0.3) is 0 Å². The number of nitrogens with zero attached hydrogens (tertiary/aromatic N) is 6. The van der Waals surface area contributed by atoms with Gasteiger partial charge in [0.2, 0.25) is 0 Å². The lowest BCUT2D eigenvalue weighted by molar-refractivity contribution is -0.140. The molecule has 6 rings (SSSR count). The summed E-state index contributed by atoms with van der Waals surface area (Å²) in [5.74, 6) is 1.00. The lowest BCUT2D eigenvalue weighted by atomic mass is 9.99. The fourth-order valence-corrected chi connectivity index (χ4v) is 6.05. The van der Waals surface area contributed by atoms with Crippen LogP contribution >= 0.6 is 0 Å². The average Bonchev–Trinajstić information content (AvgIpc) is 3.55. The molecule has 3 fully saturated rings. The molecule has 12 heteroatoms. The van der Waals surface area contributed by atoms with E-state index in [-0.39, 0.29) is 35.3 Å². The highest BCUT2D eigenvalue weighted by atomic mass is 19.4. The summed E-state index contributed by atoms with van der Waals surface area (Å²) < 4.78 is 56.0. The van der Waals surface area contributed by atoms with Gasteiger partial charge in [-0.05, 0) is 39.5 Å². The summed E-state index contributed by atoms with van der Waals surface area (Å²) in [4.78, 5) is 9.13.